The van der Waals surface area contributed by atoms with E-state index in [1.165, 1.54) is 4.90 Å². The normalized spacial score (nSPS) is 28.9. The lowest BCUT2D eigenvalue weighted by molar-refractivity contribution is -0.142. The number of hydrogen-bond donors (Lipinski definition) is 3. The molecule has 0 radical (unpaired) electrons. The highest BCUT2D eigenvalue weighted by Crippen LogP contribution is 2.13. The highest BCUT2D eigenvalue weighted by atomic mass is 16.2. The summed E-state index contributed by atoms with van der Waals surface area (Å²) in [4.78, 5) is 35.9. The fourth-order valence-corrected chi connectivity index (χ4v) is 2.22. The third kappa shape index (κ3) is 2.38. The van der Waals surface area contributed by atoms with Crippen LogP contribution in [0.1, 0.15) is 12.8 Å². The molecule has 0 bridgehead atoms. The van der Waals surface area contributed by atoms with E-state index in [1.807, 2.05) is 0 Å². The van der Waals surface area contributed by atoms with E-state index in [2.05, 4.69) is 10.6 Å². The Morgan fingerprint density at radius 2 is 2.18 bits per heavy atom. The van der Waals surface area contributed by atoms with Gasteiger partial charge in [0.2, 0.25) is 17.7 Å². The van der Waals surface area contributed by atoms with E-state index in [-0.39, 0.29) is 11.8 Å². The molecule has 0 aromatic rings. The molecule has 3 amide bonds. The molecule has 2 aliphatic heterocycles. The van der Waals surface area contributed by atoms with Crippen molar-refractivity contribution in [2.24, 2.45) is 5.73 Å². The molecule has 2 heterocycles. The summed E-state index contributed by atoms with van der Waals surface area (Å²) in [5.74, 6) is -0.842. The van der Waals surface area contributed by atoms with E-state index >= 15 is 0 Å². The van der Waals surface area contributed by atoms with Gasteiger partial charge in [-0.15, -0.1) is 0 Å². The summed E-state index contributed by atoms with van der Waals surface area (Å²) in [6.45, 7) is 1.46. The van der Waals surface area contributed by atoms with Crippen LogP contribution in [-0.4, -0.2) is 54.3 Å². The molecule has 0 aromatic carbocycles. The number of carbonyl (C=O) groups is 3. The molecular weight excluding hydrogens is 224 g/mol. The zero-order chi connectivity index (χ0) is 12.4. The Labute approximate surface area is 98.7 Å². The van der Waals surface area contributed by atoms with Gasteiger partial charge >= 0.3 is 0 Å². The summed E-state index contributed by atoms with van der Waals surface area (Å²) >= 11 is 0. The van der Waals surface area contributed by atoms with Crippen molar-refractivity contribution in [3.05, 3.63) is 0 Å². The average Bonchev–Trinajstić information content (AvgIpc) is 2.75. The van der Waals surface area contributed by atoms with Gasteiger partial charge in [-0.3, -0.25) is 14.4 Å². The first kappa shape index (κ1) is 11.8. The Balaban J connectivity index is 2.06. The molecule has 2 aliphatic rings. The SMILES string of the molecule is NC(=O)C1CNCCN1C(=O)[C@H]1CCC(=O)N1. The standard InChI is InChI=1S/C10H16N4O3/c11-9(16)7-5-12-3-4-14(7)10(17)6-1-2-8(15)13-6/h6-7,12H,1-5H2,(H2,11,16)(H,13,15)/t6-,7?/m1/s1. The number of nitrogens with two attached hydrogens (primary N) is 1. The zero-order valence-corrected chi connectivity index (χ0v) is 9.44. The van der Waals surface area contributed by atoms with Crippen molar-refractivity contribution in [1.82, 2.24) is 15.5 Å². The number of primary amides is 1. The summed E-state index contributed by atoms with van der Waals surface area (Å²) in [7, 11) is 0. The van der Waals surface area contributed by atoms with E-state index in [4.69, 9.17) is 5.73 Å². The Hall–Kier alpha value is -1.63. The molecule has 17 heavy (non-hydrogen) atoms. The van der Waals surface area contributed by atoms with Crippen LogP contribution in [0.4, 0.5) is 0 Å². The second-order valence-corrected chi connectivity index (χ2v) is 4.31. The molecule has 1 unspecified atom stereocenters. The van der Waals surface area contributed by atoms with E-state index in [0.717, 1.165) is 0 Å². The highest BCUT2D eigenvalue weighted by molar-refractivity contribution is 5.93. The summed E-state index contributed by atoms with van der Waals surface area (Å²) in [5, 5.41) is 5.63. The van der Waals surface area contributed by atoms with Gasteiger partial charge < -0.3 is 21.3 Å². The minimum Gasteiger partial charge on any atom is -0.368 e. The van der Waals surface area contributed by atoms with E-state index in [9.17, 15) is 14.4 Å². The molecule has 2 rings (SSSR count). The quantitative estimate of drug-likeness (QED) is 0.498. The highest BCUT2D eigenvalue weighted by Gasteiger charge is 2.36. The fourth-order valence-electron chi connectivity index (χ4n) is 2.22. The number of rotatable bonds is 2. The first-order valence-corrected chi connectivity index (χ1v) is 5.69. The second-order valence-electron chi connectivity index (χ2n) is 4.31. The first-order chi connectivity index (χ1) is 8.09. The molecule has 2 atom stereocenters. The van der Waals surface area contributed by atoms with Crippen molar-refractivity contribution in [3.63, 3.8) is 0 Å². The maximum atomic E-state index is 12.1. The van der Waals surface area contributed by atoms with Crippen LogP contribution in [0.15, 0.2) is 0 Å². The molecule has 0 saturated carbocycles. The van der Waals surface area contributed by atoms with Crippen molar-refractivity contribution in [2.45, 2.75) is 24.9 Å². The third-order valence-electron chi connectivity index (χ3n) is 3.15. The topological polar surface area (TPSA) is 105 Å². The van der Waals surface area contributed by atoms with Gasteiger partial charge in [0.05, 0.1) is 0 Å². The van der Waals surface area contributed by atoms with Gasteiger partial charge in [-0.2, -0.15) is 0 Å². The van der Waals surface area contributed by atoms with Crippen LogP contribution in [0, 0.1) is 0 Å². The molecule has 7 nitrogen and oxygen atoms in total. The first-order valence-electron chi connectivity index (χ1n) is 5.69. The Morgan fingerprint density at radius 3 is 2.76 bits per heavy atom. The summed E-state index contributed by atoms with van der Waals surface area (Å²) < 4.78 is 0. The number of amides is 3. The van der Waals surface area contributed by atoms with Gasteiger partial charge in [-0.05, 0) is 6.42 Å². The van der Waals surface area contributed by atoms with E-state index in [0.29, 0.717) is 32.5 Å². The van der Waals surface area contributed by atoms with Crippen LogP contribution < -0.4 is 16.4 Å². The van der Waals surface area contributed by atoms with Crippen molar-refractivity contribution in [2.75, 3.05) is 19.6 Å². The summed E-state index contributed by atoms with van der Waals surface area (Å²) in [6, 6.07) is -1.11. The summed E-state index contributed by atoms with van der Waals surface area (Å²) in [6.07, 6.45) is 0.858. The lowest BCUT2D eigenvalue weighted by Gasteiger charge is -2.35. The van der Waals surface area contributed by atoms with Crippen LogP contribution in [0.5, 0.6) is 0 Å². The van der Waals surface area contributed by atoms with Gasteiger partial charge in [0.25, 0.3) is 0 Å². The third-order valence-corrected chi connectivity index (χ3v) is 3.15. The van der Waals surface area contributed by atoms with Gasteiger partial charge in [-0.25, -0.2) is 0 Å². The lowest BCUT2D eigenvalue weighted by atomic mass is 10.1. The fraction of sp³-hybridized carbons (Fsp3) is 0.700. The Kier molecular flexibility index (Phi) is 3.28. The van der Waals surface area contributed by atoms with Crippen LogP contribution in [0.25, 0.3) is 0 Å². The van der Waals surface area contributed by atoms with Crippen LogP contribution in [0.2, 0.25) is 0 Å². The average molecular weight is 240 g/mol. The van der Waals surface area contributed by atoms with Crippen molar-refractivity contribution in [1.29, 1.82) is 0 Å². The minimum atomic E-state index is -0.617. The predicted octanol–water partition coefficient (Wildman–Crippen LogP) is -2.45. The predicted molar refractivity (Wildman–Crippen MR) is 58.7 cm³/mol. The molecule has 7 heteroatoms. The lowest BCUT2D eigenvalue weighted by Crippen LogP contribution is -2.61. The van der Waals surface area contributed by atoms with Crippen LogP contribution in [0.3, 0.4) is 0 Å². The van der Waals surface area contributed by atoms with E-state index in [1.54, 1.807) is 0 Å². The Morgan fingerprint density at radius 1 is 1.41 bits per heavy atom. The van der Waals surface area contributed by atoms with Crippen molar-refractivity contribution >= 4 is 17.7 Å². The maximum Gasteiger partial charge on any atom is 0.245 e. The molecule has 94 valence electrons. The van der Waals surface area contributed by atoms with Crippen molar-refractivity contribution in [3.8, 4) is 0 Å². The molecule has 0 aliphatic carbocycles. The maximum absolute atomic E-state index is 12.1. The molecule has 2 saturated heterocycles. The molecule has 0 aromatic heterocycles. The molecule has 4 N–H and O–H groups in total. The monoisotopic (exact) mass is 240 g/mol. The Bertz CT molecular complexity index is 357. The summed E-state index contributed by atoms with van der Waals surface area (Å²) in [5.41, 5.74) is 5.26. The van der Waals surface area contributed by atoms with Crippen molar-refractivity contribution < 1.29 is 14.4 Å². The van der Waals surface area contributed by atoms with Gasteiger partial charge in [0.15, 0.2) is 0 Å². The van der Waals surface area contributed by atoms with E-state index < -0.39 is 18.0 Å². The second kappa shape index (κ2) is 4.70. The van der Waals surface area contributed by atoms with Gasteiger partial charge in [0.1, 0.15) is 12.1 Å². The van der Waals surface area contributed by atoms with Crippen LogP contribution in [-0.2, 0) is 14.4 Å². The van der Waals surface area contributed by atoms with Gasteiger partial charge in [-0.1, -0.05) is 0 Å². The number of nitrogens with zero attached hydrogens (tertiary/aromatic N) is 1. The number of carbonyl (C=O) groups excluding carboxylic acids is 3. The van der Waals surface area contributed by atoms with Crippen LogP contribution >= 0.6 is 0 Å². The molecular formula is C10H16N4O3. The molecule has 0 spiro atoms. The minimum absolute atomic E-state index is 0.117. The molecule has 2 fully saturated rings. The number of hydrogen-bond acceptors (Lipinski definition) is 4. The smallest absolute Gasteiger partial charge is 0.245 e. The zero-order valence-electron chi connectivity index (χ0n) is 9.44. The van der Waals surface area contributed by atoms with Gasteiger partial charge in [0, 0.05) is 26.1 Å². The number of nitrogens with one attached hydrogen (secondary N) is 2. The largest absolute Gasteiger partial charge is 0.368 e. The number of piperazine rings is 1.